The summed E-state index contributed by atoms with van der Waals surface area (Å²) in [4.78, 5) is 16.0. The van der Waals surface area contributed by atoms with Gasteiger partial charge in [-0.1, -0.05) is 0 Å². The highest BCUT2D eigenvalue weighted by Crippen LogP contribution is 2.28. The van der Waals surface area contributed by atoms with Crippen LogP contribution >= 0.6 is 0 Å². The molecule has 1 fully saturated rings. The Hall–Kier alpha value is -1.56. The van der Waals surface area contributed by atoms with Crippen LogP contribution in [0.3, 0.4) is 0 Å². The molecule has 4 N–H and O–H groups in total. The summed E-state index contributed by atoms with van der Waals surface area (Å²) in [7, 11) is 3.00. The number of methoxy groups -OCH3 is 2. The molecule has 0 unspecified atom stereocenters. The lowest BCUT2D eigenvalue weighted by atomic mass is 10.1. The molecule has 0 bridgehead atoms. The number of hydrogen-bond acceptors (Lipinski definition) is 9. The highest BCUT2D eigenvalue weighted by molar-refractivity contribution is 5.32. The molecule has 0 aliphatic carbocycles. The molecule has 1 saturated heterocycles. The second-order valence-corrected chi connectivity index (χ2v) is 5.63. The first-order chi connectivity index (χ1) is 11.3. The van der Waals surface area contributed by atoms with Crippen LogP contribution < -0.4 is 11.0 Å². The first kappa shape index (κ1) is 18.8. The van der Waals surface area contributed by atoms with E-state index >= 15 is 0 Å². The van der Waals surface area contributed by atoms with Crippen molar-refractivity contribution in [2.45, 2.75) is 37.3 Å². The molecule has 0 amide bonds. The van der Waals surface area contributed by atoms with Crippen molar-refractivity contribution in [3.8, 4) is 0 Å². The lowest BCUT2D eigenvalue weighted by Gasteiger charge is -2.26. The first-order valence-corrected chi connectivity index (χ1v) is 7.41. The van der Waals surface area contributed by atoms with Crippen molar-refractivity contribution in [1.82, 2.24) is 9.55 Å². The van der Waals surface area contributed by atoms with Crippen molar-refractivity contribution >= 4 is 5.82 Å². The van der Waals surface area contributed by atoms with E-state index in [0.717, 1.165) is 4.57 Å². The van der Waals surface area contributed by atoms with Gasteiger partial charge >= 0.3 is 5.69 Å². The van der Waals surface area contributed by atoms with Gasteiger partial charge < -0.3 is 34.8 Å². The number of nitrogens with one attached hydrogen (secondary N) is 1. The third-order valence-electron chi connectivity index (χ3n) is 4.08. The molecule has 0 saturated carbocycles. The molecule has 4 atom stereocenters. The average molecular weight is 345 g/mol. The predicted octanol–water partition coefficient (Wildman–Crippen LogP) is -1.72. The normalized spacial score (nSPS) is 27.4. The topological polar surface area (TPSA) is 135 Å². The van der Waals surface area contributed by atoms with E-state index in [1.807, 2.05) is 0 Å². The summed E-state index contributed by atoms with van der Waals surface area (Å²) in [6, 6.07) is 1.52. The molecule has 2 rings (SSSR count). The molecule has 1 aliphatic heterocycles. The molecule has 136 valence electrons. The SMILES string of the molecule is COC(C)(CNc1ccn([C@@H]2O[C@H](CO)[C@@H](O)[C@@H]2O)c(=O)n1)OC. The van der Waals surface area contributed by atoms with Crippen LogP contribution in [0.15, 0.2) is 17.1 Å². The van der Waals surface area contributed by atoms with Crippen molar-refractivity contribution < 1.29 is 29.5 Å². The maximum Gasteiger partial charge on any atom is 0.351 e. The Morgan fingerprint density at radius 2 is 2.04 bits per heavy atom. The second kappa shape index (κ2) is 7.55. The number of anilines is 1. The molecule has 0 radical (unpaired) electrons. The van der Waals surface area contributed by atoms with E-state index in [-0.39, 0.29) is 6.54 Å². The molecular formula is C14H23N3O7. The summed E-state index contributed by atoms with van der Waals surface area (Å²) in [6.07, 6.45) is -3.32. The Bertz CT molecular complexity index is 604. The minimum Gasteiger partial charge on any atom is -0.394 e. The molecule has 0 aromatic carbocycles. The smallest absolute Gasteiger partial charge is 0.351 e. The number of aliphatic hydroxyl groups is 3. The van der Waals surface area contributed by atoms with E-state index in [1.165, 1.54) is 26.5 Å². The van der Waals surface area contributed by atoms with Crippen molar-refractivity contribution in [3.05, 3.63) is 22.7 Å². The Morgan fingerprint density at radius 3 is 2.54 bits per heavy atom. The maximum atomic E-state index is 12.2. The van der Waals surface area contributed by atoms with Gasteiger partial charge in [0.2, 0.25) is 0 Å². The molecule has 1 aliphatic rings. The fraction of sp³-hybridized carbons (Fsp3) is 0.714. The van der Waals surface area contributed by atoms with Gasteiger partial charge in [0.25, 0.3) is 0 Å². The van der Waals surface area contributed by atoms with Crippen molar-refractivity contribution in [2.75, 3.05) is 32.7 Å². The molecule has 1 aromatic rings. The van der Waals surface area contributed by atoms with Gasteiger partial charge in [0.15, 0.2) is 12.0 Å². The summed E-state index contributed by atoms with van der Waals surface area (Å²) < 4.78 is 16.7. The van der Waals surface area contributed by atoms with E-state index in [0.29, 0.717) is 5.82 Å². The molecule has 1 aromatic heterocycles. The molecule has 0 spiro atoms. The number of rotatable bonds is 7. The summed E-state index contributed by atoms with van der Waals surface area (Å²) in [5, 5.41) is 31.7. The Labute approximate surface area is 138 Å². The van der Waals surface area contributed by atoms with Gasteiger partial charge in [0.05, 0.1) is 13.2 Å². The van der Waals surface area contributed by atoms with Crippen molar-refractivity contribution in [2.24, 2.45) is 0 Å². The van der Waals surface area contributed by atoms with Gasteiger partial charge in [-0.05, 0) is 13.0 Å². The zero-order valence-electron chi connectivity index (χ0n) is 13.7. The fourth-order valence-electron chi connectivity index (χ4n) is 2.29. The van der Waals surface area contributed by atoms with Gasteiger partial charge in [0, 0.05) is 20.4 Å². The number of hydrogen-bond donors (Lipinski definition) is 4. The highest BCUT2D eigenvalue weighted by atomic mass is 16.7. The predicted molar refractivity (Wildman–Crippen MR) is 82.4 cm³/mol. The molecule has 2 heterocycles. The van der Waals surface area contributed by atoms with Crippen LogP contribution in [0.1, 0.15) is 13.2 Å². The van der Waals surface area contributed by atoms with Crippen LogP contribution in [0.2, 0.25) is 0 Å². The monoisotopic (exact) mass is 345 g/mol. The molecular weight excluding hydrogens is 322 g/mol. The Balaban J connectivity index is 2.12. The minimum absolute atomic E-state index is 0.254. The van der Waals surface area contributed by atoms with Crippen LogP contribution in [-0.2, 0) is 14.2 Å². The number of aliphatic hydroxyl groups excluding tert-OH is 3. The summed E-state index contributed by atoms with van der Waals surface area (Å²) >= 11 is 0. The van der Waals surface area contributed by atoms with E-state index in [9.17, 15) is 15.0 Å². The lowest BCUT2D eigenvalue weighted by molar-refractivity contribution is -0.182. The van der Waals surface area contributed by atoms with Crippen LogP contribution in [0.5, 0.6) is 0 Å². The van der Waals surface area contributed by atoms with E-state index in [4.69, 9.17) is 19.3 Å². The second-order valence-electron chi connectivity index (χ2n) is 5.63. The zero-order chi connectivity index (χ0) is 17.9. The highest BCUT2D eigenvalue weighted by Gasteiger charge is 2.43. The fourth-order valence-corrected chi connectivity index (χ4v) is 2.29. The molecule has 24 heavy (non-hydrogen) atoms. The average Bonchev–Trinajstić information content (AvgIpc) is 2.88. The Kier molecular flexibility index (Phi) is 5.91. The molecule has 10 heteroatoms. The van der Waals surface area contributed by atoms with Crippen LogP contribution in [0, 0.1) is 0 Å². The van der Waals surface area contributed by atoms with Gasteiger partial charge in [-0.15, -0.1) is 0 Å². The number of nitrogens with zero attached hydrogens (tertiary/aromatic N) is 2. The maximum absolute atomic E-state index is 12.2. The standard InChI is InChI=1S/C14H23N3O7/c1-14(22-2,23-3)7-15-9-4-5-17(13(21)16-9)12-11(20)10(19)8(6-18)24-12/h4-5,8,10-12,18-20H,6-7H2,1-3H3,(H,15,16,21)/t8-,10-,11+,12-/m1/s1. The van der Waals surface area contributed by atoms with Crippen LogP contribution in [0.4, 0.5) is 5.82 Å². The zero-order valence-corrected chi connectivity index (χ0v) is 13.7. The Morgan fingerprint density at radius 1 is 1.38 bits per heavy atom. The third kappa shape index (κ3) is 3.74. The molecule has 10 nitrogen and oxygen atoms in total. The lowest BCUT2D eigenvalue weighted by Crippen LogP contribution is -2.39. The quantitative estimate of drug-likeness (QED) is 0.425. The number of ether oxygens (including phenoxy) is 3. The van der Waals surface area contributed by atoms with E-state index < -0.39 is 42.6 Å². The van der Waals surface area contributed by atoms with Gasteiger partial charge in [0.1, 0.15) is 24.1 Å². The van der Waals surface area contributed by atoms with Gasteiger partial charge in [-0.25, -0.2) is 4.79 Å². The summed E-state index contributed by atoms with van der Waals surface area (Å²) in [5.74, 6) is -0.581. The van der Waals surface area contributed by atoms with Gasteiger partial charge in [-0.3, -0.25) is 4.57 Å². The van der Waals surface area contributed by atoms with Crippen molar-refractivity contribution in [3.63, 3.8) is 0 Å². The van der Waals surface area contributed by atoms with Crippen LogP contribution in [0.25, 0.3) is 0 Å². The summed E-state index contributed by atoms with van der Waals surface area (Å²) in [5.41, 5.74) is -0.675. The van der Waals surface area contributed by atoms with E-state index in [1.54, 1.807) is 6.92 Å². The van der Waals surface area contributed by atoms with Crippen LogP contribution in [-0.4, -0.2) is 76.3 Å². The van der Waals surface area contributed by atoms with Gasteiger partial charge in [-0.2, -0.15) is 4.98 Å². The largest absolute Gasteiger partial charge is 0.394 e. The minimum atomic E-state index is -1.34. The summed E-state index contributed by atoms with van der Waals surface area (Å²) in [6.45, 7) is 1.51. The number of aromatic nitrogens is 2. The first-order valence-electron chi connectivity index (χ1n) is 7.41. The van der Waals surface area contributed by atoms with Crippen molar-refractivity contribution in [1.29, 1.82) is 0 Å². The van der Waals surface area contributed by atoms with E-state index in [2.05, 4.69) is 10.3 Å². The third-order valence-corrected chi connectivity index (χ3v) is 4.08.